The number of halogens is 1. The van der Waals surface area contributed by atoms with Gasteiger partial charge < -0.3 is 4.43 Å². The van der Waals surface area contributed by atoms with Gasteiger partial charge in [-0.15, -0.1) is 0 Å². The molecule has 0 radical (unpaired) electrons. The van der Waals surface area contributed by atoms with Crippen molar-refractivity contribution in [2.75, 3.05) is 0 Å². The summed E-state index contributed by atoms with van der Waals surface area (Å²) in [6.45, 7) is 13.8. The third kappa shape index (κ3) is 3.72. The molecule has 3 heteroatoms. The number of hydrogen-bond donors (Lipinski definition) is 0. The molecule has 2 rings (SSSR count). The van der Waals surface area contributed by atoms with Crippen molar-refractivity contribution in [3.8, 4) is 0 Å². The van der Waals surface area contributed by atoms with Crippen molar-refractivity contribution in [2.45, 2.75) is 77.1 Å². The van der Waals surface area contributed by atoms with Crippen LogP contribution < -0.4 is 0 Å². The summed E-state index contributed by atoms with van der Waals surface area (Å²) in [6, 6.07) is 6.31. The van der Waals surface area contributed by atoms with Gasteiger partial charge in [0.05, 0.1) is 6.10 Å². The van der Waals surface area contributed by atoms with Crippen LogP contribution in [0.3, 0.4) is 0 Å². The molecule has 1 fully saturated rings. The van der Waals surface area contributed by atoms with Crippen molar-refractivity contribution < 1.29 is 4.43 Å². The molecule has 0 amide bonds. The van der Waals surface area contributed by atoms with Crippen LogP contribution in [0.2, 0.25) is 23.2 Å². The van der Waals surface area contributed by atoms with E-state index in [0.717, 1.165) is 5.02 Å². The van der Waals surface area contributed by atoms with E-state index in [4.69, 9.17) is 16.0 Å². The largest absolute Gasteiger partial charge is 0.413 e. The molecule has 1 aliphatic carbocycles. The molecule has 0 aromatic heterocycles. The van der Waals surface area contributed by atoms with Crippen molar-refractivity contribution in [1.82, 2.24) is 0 Å². The van der Waals surface area contributed by atoms with Crippen LogP contribution in [0.1, 0.15) is 57.1 Å². The second kappa shape index (κ2) is 6.06. The molecule has 1 aromatic carbocycles. The minimum atomic E-state index is -1.70. The molecule has 0 bridgehead atoms. The van der Waals surface area contributed by atoms with Crippen LogP contribution in [0.4, 0.5) is 0 Å². The lowest BCUT2D eigenvalue weighted by atomic mass is 9.92. The predicted molar refractivity (Wildman–Crippen MR) is 94.9 cm³/mol. The molecule has 1 aliphatic rings. The van der Waals surface area contributed by atoms with Crippen LogP contribution in [0.25, 0.3) is 0 Å². The van der Waals surface area contributed by atoms with Crippen LogP contribution in [-0.4, -0.2) is 14.4 Å². The molecule has 0 N–H and O–H groups in total. The summed E-state index contributed by atoms with van der Waals surface area (Å²) in [7, 11) is -1.70. The minimum absolute atomic E-state index is 0.273. The fourth-order valence-corrected chi connectivity index (χ4v) is 4.65. The van der Waals surface area contributed by atoms with E-state index in [1.54, 1.807) is 0 Å². The fraction of sp³-hybridized carbons (Fsp3) is 0.667. The summed E-state index contributed by atoms with van der Waals surface area (Å²) in [6.07, 6.45) is 4.08. The third-order valence-corrected chi connectivity index (χ3v) is 10.1. The average Bonchev–Trinajstić information content (AvgIpc) is 2.75. The van der Waals surface area contributed by atoms with Gasteiger partial charge in [0.2, 0.25) is 0 Å². The number of aryl methyl sites for hydroxylation is 1. The maximum absolute atomic E-state index is 6.72. The first-order valence-corrected chi connectivity index (χ1v) is 11.3. The van der Waals surface area contributed by atoms with Crippen molar-refractivity contribution in [3.63, 3.8) is 0 Å². The van der Waals surface area contributed by atoms with Gasteiger partial charge in [0, 0.05) is 10.9 Å². The highest BCUT2D eigenvalue weighted by atomic mass is 35.5. The maximum Gasteiger partial charge on any atom is 0.192 e. The van der Waals surface area contributed by atoms with Crippen LogP contribution in [0, 0.1) is 6.92 Å². The Balaban J connectivity index is 2.21. The Kier molecular flexibility index (Phi) is 4.92. The smallest absolute Gasteiger partial charge is 0.192 e. The molecule has 118 valence electrons. The molecule has 1 saturated carbocycles. The van der Waals surface area contributed by atoms with Gasteiger partial charge in [0.15, 0.2) is 8.32 Å². The van der Waals surface area contributed by atoms with Crippen molar-refractivity contribution in [2.24, 2.45) is 0 Å². The summed E-state index contributed by atoms with van der Waals surface area (Å²) in [4.78, 5) is 0. The third-order valence-electron chi connectivity index (χ3n) is 5.34. The quantitative estimate of drug-likeness (QED) is 0.592. The Morgan fingerprint density at radius 3 is 2.43 bits per heavy atom. The van der Waals surface area contributed by atoms with E-state index in [1.165, 1.54) is 30.4 Å². The number of rotatable bonds is 3. The summed E-state index contributed by atoms with van der Waals surface area (Å²) < 4.78 is 6.72. The summed E-state index contributed by atoms with van der Waals surface area (Å²) >= 11 is 6.10. The van der Waals surface area contributed by atoms with Gasteiger partial charge in [-0.1, -0.05) is 44.9 Å². The van der Waals surface area contributed by atoms with Gasteiger partial charge in [0.25, 0.3) is 0 Å². The van der Waals surface area contributed by atoms with Crippen molar-refractivity contribution in [3.05, 3.63) is 34.3 Å². The van der Waals surface area contributed by atoms with Crippen LogP contribution in [0.5, 0.6) is 0 Å². The van der Waals surface area contributed by atoms with Crippen molar-refractivity contribution in [1.29, 1.82) is 0 Å². The highest BCUT2D eigenvalue weighted by Gasteiger charge is 2.42. The van der Waals surface area contributed by atoms with E-state index in [1.807, 2.05) is 6.07 Å². The number of hydrogen-bond acceptors (Lipinski definition) is 1. The van der Waals surface area contributed by atoms with E-state index in [9.17, 15) is 0 Å². The molecule has 21 heavy (non-hydrogen) atoms. The summed E-state index contributed by atoms with van der Waals surface area (Å²) in [5.74, 6) is 0.538. The molecule has 2 atom stereocenters. The maximum atomic E-state index is 6.72. The normalized spacial score (nSPS) is 23.6. The molecule has 1 aromatic rings. The fourth-order valence-electron chi connectivity index (χ4n) is 3.03. The van der Waals surface area contributed by atoms with Crippen LogP contribution in [-0.2, 0) is 4.43 Å². The molecule has 0 heterocycles. The Labute approximate surface area is 136 Å². The van der Waals surface area contributed by atoms with Crippen LogP contribution >= 0.6 is 11.6 Å². The molecular weight excluding hydrogens is 296 g/mol. The van der Waals surface area contributed by atoms with Gasteiger partial charge in [-0.3, -0.25) is 0 Å². The Morgan fingerprint density at radius 2 is 1.86 bits per heavy atom. The lowest BCUT2D eigenvalue weighted by Crippen LogP contribution is -2.44. The zero-order valence-corrected chi connectivity index (χ0v) is 16.1. The first-order chi connectivity index (χ1) is 9.62. The SMILES string of the molecule is Cc1cc(Cl)ccc1[C@@H]1CCC[C@H]1O[Si](C)(C)C(C)(C)C. The van der Waals surface area contributed by atoms with E-state index in [2.05, 4.69) is 52.9 Å². The topological polar surface area (TPSA) is 9.23 Å². The Bertz CT molecular complexity index is 504. The highest BCUT2D eigenvalue weighted by molar-refractivity contribution is 6.74. The molecule has 0 aliphatic heterocycles. The first-order valence-electron chi connectivity index (χ1n) is 8.06. The minimum Gasteiger partial charge on any atom is -0.413 e. The highest BCUT2D eigenvalue weighted by Crippen LogP contribution is 2.44. The Hall–Kier alpha value is -0.313. The number of benzene rings is 1. The van der Waals surface area contributed by atoms with E-state index in [0.29, 0.717) is 12.0 Å². The van der Waals surface area contributed by atoms with Gasteiger partial charge in [-0.25, -0.2) is 0 Å². The zero-order valence-electron chi connectivity index (χ0n) is 14.3. The summed E-state index contributed by atoms with van der Waals surface area (Å²) in [5.41, 5.74) is 2.74. The lowest BCUT2D eigenvalue weighted by Gasteiger charge is -2.40. The molecule has 0 unspecified atom stereocenters. The lowest BCUT2D eigenvalue weighted by molar-refractivity contribution is 0.170. The van der Waals surface area contributed by atoms with E-state index < -0.39 is 8.32 Å². The van der Waals surface area contributed by atoms with E-state index in [-0.39, 0.29) is 5.04 Å². The molecule has 1 nitrogen and oxygen atoms in total. The zero-order chi connectivity index (χ0) is 15.8. The summed E-state index contributed by atoms with van der Waals surface area (Å²) in [5, 5.41) is 1.10. The van der Waals surface area contributed by atoms with Gasteiger partial charge in [-0.2, -0.15) is 0 Å². The molecular formula is C18H29ClOSi. The molecule has 0 saturated heterocycles. The molecule has 0 spiro atoms. The first kappa shape index (κ1) is 17.0. The average molecular weight is 325 g/mol. The van der Waals surface area contributed by atoms with Gasteiger partial charge >= 0.3 is 0 Å². The van der Waals surface area contributed by atoms with Crippen molar-refractivity contribution >= 4 is 19.9 Å². The standard InChI is InChI=1S/C18H29ClOSi/c1-13-12-14(19)10-11-15(13)16-8-7-9-17(16)20-21(5,6)18(2,3)4/h10-12,16-17H,7-9H2,1-6H3/t16-,17+/m0/s1. The Morgan fingerprint density at radius 1 is 1.19 bits per heavy atom. The second-order valence-corrected chi connectivity index (χ2v) is 13.1. The van der Waals surface area contributed by atoms with E-state index >= 15 is 0 Å². The van der Waals surface area contributed by atoms with Gasteiger partial charge in [-0.05, 0) is 61.2 Å². The monoisotopic (exact) mass is 324 g/mol. The van der Waals surface area contributed by atoms with Gasteiger partial charge in [0.1, 0.15) is 0 Å². The predicted octanol–water partition coefficient (Wildman–Crippen LogP) is 6.31. The second-order valence-electron chi connectivity index (χ2n) is 7.95. The van der Waals surface area contributed by atoms with Crippen LogP contribution in [0.15, 0.2) is 18.2 Å².